The van der Waals surface area contributed by atoms with Crippen molar-refractivity contribution in [1.29, 1.82) is 0 Å². The highest BCUT2D eigenvalue weighted by Crippen LogP contribution is 2.16. The standard InChI is InChI=1S/C10H11ClN4/c1-7-3-8(11)13-9(4-7)14-10-5-15(2)6-12-10/h3-6H,1-2H3,(H,13,14). The zero-order valence-corrected chi connectivity index (χ0v) is 9.28. The third kappa shape index (κ3) is 2.47. The molecule has 0 radical (unpaired) electrons. The summed E-state index contributed by atoms with van der Waals surface area (Å²) in [6.45, 7) is 1.97. The fraction of sp³-hybridized carbons (Fsp3) is 0.200. The first-order chi connectivity index (χ1) is 7.13. The summed E-state index contributed by atoms with van der Waals surface area (Å²) >= 11 is 5.84. The third-order valence-corrected chi connectivity index (χ3v) is 2.09. The number of halogens is 1. The molecule has 0 unspecified atom stereocenters. The normalized spacial score (nSPS) is 10.3. The molecule has 0 aliphatic heterocycles. The number of imidazole rings is 1. The number of aromatic nitrogens is 3. The van der Waals surface area contributed by atoms with Crippen molar-refractivity contribution < 1.29 is 0 Å². The van der Waals surface area contributed by atoms with Crippen LogP contribution in [0, 0.1) is 6.92 Å². The number of nitrogens with one attached hydrogen (secondary N) is 1. The van der Waals surface area contributed by atoms with Gasteiger partial charge in [0.05, 0.1) is 6.33 Å². The maximum absolute atomic E-state index is 5.84. The Labute approximate surface area is 92.9 Å². The molecule has 4 nitrogen and oxygen atoms in total. The molecule has 2 aromatic heterocycles. The summed E-state index contributed by atoms with van der Waals surface area (Å²) in [6.07, 6.45) is 3.59. The first-order valence-electron chi connectivity index (χ1n) is 4.52. The quantitative estimate of drug-likeness (QED) is 0.794. The highest BCUT2D eigenvalue weighted by atomic mass is 35.5. The van der Waals surface area contributed by atoms with Gasteiger partial charge in [0.1, 0.15) is 16.8 Å². The molecule has 0 aliphatic carbocycles. The lowest BCUT2D eigenvalue weighted by atomic mass is 10.3. The molecule has 15 heavy (non-hydrogen) atoms. The van der Waals surface area contributed by atoms with E-state index in [0.717, 1.165) is 11.4 Å². The smallest absolute Gasteiger partial charge is 0.149 e. The summed E-state index contributed by atoms with van der Waals surface area (Å²) in [5.74, 6) is 1.46. The van der Waals surface area contributed by atoms with Crippen LogP contribution >= 0.6 is 11.6 Å². The van der Waals surface area contributed by atoms with E-state index in [1.165, 1.54) is 0 Å². The summed E-state index contributed by atoms with van der Waals surface area (Å²) in [6, 6.07) is 3.73. The van der Waals surface area contributed by atoms with Crippen LogP contribution in [0.1, 0.15) is 5.56 Å². The Morgan fingerprint density at radius 1 is 1.33 bits per heavy atom. The molecule has 78 valence electrons. The van der Waals surface area contributed by atoms with Gasteiger partial charge in [0, 0.05) is 13.2 Å². The lowest BCUT2D eigenvalue weighted by molar-refractivity contribution is 0.913. The van der Waals surface area contributed by atoms with E-state index in [9.17, 15) is 0 Å². The van der Waals surface area contributed by atoms with Crippen molar-refractivity contribution in [3.05, 3.63) is 35.4 Å². The van der Waals surface area contributed by atoms with Crippen LogP contribution in [0.25, 0.3) is 0 Å². The Morgan fingerprint density at radius 3 is 2.73 bits per heavy atom. The van der Waals surface area contributed by atoms with E-state index < -0.39 is 0 Å². The fourth-order valence-corrected chi connectivity index (χ4v) is 1.56. The molecule has 1 N–H and O–H groups in total. The molecule has 0 saturated carbocycles. The molecule has 2 aromatic rings. The summed E-state index contributed by atoms with van der Waals surface area (Å²) in [5.41, 5.74) is 1.06. The second-order valence-corrected chi connectivity index (χ2v) is 3.79. The Bertz CT molecular complexity index is 458. The van der Waals surface area contributed by atoms with Gasteiger partial charge in [0.25, 0.3) is 0 Å². The Morgan fingerprint density at radius 2 is 2.13 bits per heavy atom. The molecule has 0 bridgehead atoms. The maximum Gasteiger partial charge on any atom is 0.149 e. The van der Waals surface area contributed by atoms with Crippen LogP contribution in [0.15, 0.2) is 24.7 Å². The van der Waals surface area contributed by atoms with Gasteiger partial charge in [-0.05, 0) is 24.6 Å². The molecular formula is C10H11ClN4. The van der Waals surface area contributed by atoms with Gasteiger partial charge in [-0.3, -0.25) is 0 Å². The molecule has 0 saturated heterocycles. The van der Waals surface area contributed by atoms with Crippen molar-refractivity contribution in [3.63, 3.8) is 0 Å². The van der Waals surface area contributed by atoms with E-state index in [2.05, 4.69) is 15.3 Å². The maximum atomic E-state index is 5.84. The van der Waals surface area contributed by atoms with Crippen LogP contribution in [0.2, 0.25) is 5.15 Å². The number of pyridine rings is 1. The summed E-state index contributed by atoms with van der Waals surface area (Å²) in [4.78, 5) is 8.28. The molecule has 0 spiro atoms. The molecular weight excluding hydrogens is 212 g/mol. The minimum absolute atomic E-state index is 0.480. The van der Waals surface area contributed by atoms with Gasteiger partial charge in [-0.2, -0.15) is 0 Å². The highest BCUT2D eigenvalue weighted by molar-refractivity contribution is 6.29. The van der Waals surface area contributed by atoms with Crippen LogP contribution in [0.4, 0.5) is 11.6 Å². The van der Waals surface area contributed by atoms with E-state index in [1.54, 1.807) is 6.33 Å². The molecule has 0 aliphatic rings. The summed E-state index contributed by atoms with van der Waals surface area (Å²) < 4.78 is 1.86. The number of aryl methyl sites for hydroxylation is 2. The van der Waals surface area contributed by atoms with Gasteiger partial charge in [-0.1, -0.05) is 11.6 Å². The average molecular weight is 223 g/mol. The van der Waals surface area contributed by atoms with Crippen LogP contribution in [0.5, 0.6) is 0 Å². The SMILES string of the molecule is Cc1cc(Cl)nc(Nc2cn(C)cn2)c1. The molecule has 0 fully saturated rings. The minimum atomic E-state index is 0.480. The second-order valence-electron chi connectivity index (χ2n) is 3.40. The molecule has 0 aromatic carbocycles. The average Bonchev–Trinajstić information content (AvgIpc) is 2.49. The van der Waals surface area contributed by atoms with Gasteiger partial charge < -0.3 is 9.88 Å². The largest absolute Gasteiger partial charge is 0.338 e. The Balaban J connectivity index is 2.24. The van der Waals surface area contributed by atoms with Crippen LogP contribution < -0.4 is 5.32 Å². The Hall–Kier alpha value is -1.55. The van der Waals surface area contributed by atoms with Crippen molar-refractivity contribution in [2.45, 2.75) is 6.92 Å². The number of anilines is 2. The molecule has 0 amide bonds. The Kier molecular flexibility index (Phi) is 2.60. The third-order valence-electron chi connectivity index (χ3n) is 1.90. The number of nitrogens with zero attached hydrogens (tertiary/aromatic N) is 3. The molecule has 0 atom stereocenters. The number of hydrogen-bond donors (Lipinski definition) is 1. The zero-order chi connectivity index (χ0) is 10.8. The summed E-state index contributed by atoms with van der Waals surface area (Å²) in [7, 11) is 1.91. The van der Waals surface area contributed by atoms with Crippen molar-refractivity contribution in [2.24, 2.45) is 7.05 Å². The predicted octanol–water partition coefficient (Wildman–Crippen LogP) is 2.52. The lowest BCUT2D eigenvalue weighted by Crippen LogP contribution is -1.94. The van der Waals surface area contributed by atoms with E-state index in [-0.39, 0.29) is 0 Å². The predicted molar refractivity (Wildman–Crippen MR) is 60.5 cm³/mol. The molecule has 5 heteroatoms. The van der Waals surface area contributed by atoms with Crippen LogP contribution in [-0.4, -0.2) is 14.5 Å². The topological polar surface area (TPSA) is 42.7 Å². The fourth-order valence-electron chi connectivity index (χ4n) is 1.30. The van der Waals surface area contributed by atoms with Crippen molar-refractivity contribution >= 4 is 23.2 Å². The van der Waals surface area contributed by atoms with Gasteiger partial charge in [0.2, 0.25) is 0 Å². The van der Waals surface area contributed by atoms with E-state index >= 15 is 0 Å². The van der Waals surface area contributed by atoms with Crippen LogP contribution in [-0.2, 0) is 7.05 Å². The van der Waals surface area contributed by atoms with Crippen molar-refractivity contribution in [3.8, 4) is 0 Å². The van der Waals surface area contributed by atoms with Gasteiger partial charge >= 0.3 is 0 Å². The second kappa shape index (κ2) is 3.90. The summed E-state index contributed by atoms with van der Waals surface area (Å²) in [5, 5.41) is 3.56. The van der Waals surface area contributed by atoms with Crippen molar-refractivity contribution in [2.75, 3.05) is 5.32 Å². The molecule has 2 rings (SSSR count). The first-order valence-corrected chi connectivity index (χ1v) is 4.90. The number of hydrogen-bond acceptors (Lipinski definition) is 3. The monoisotopic (exact) mass is 222 g/mol. The lowest BCUT2D eigenvalue weighted by Gasteiger charge is -2.03. The molecule has 2 heterocycles. The van der Waals surface area contributed by atoms with E-state index in [0.29, 0.717) is 11.0 Å². The van der Waals surface area contributed by atoms with E-state index in [4.69, 9.17) is 11.6 Å². The van der Waals surface area contributed by atoms with Gasteiger partial charge in [0.15, 0.2) is 0 Å². The minimum Gasteiger partial charge on any atom is -0.338 e. The van der Waals surface area contributed by atoms with Crippen LogP contribution in [0.3, 0.4) is 0 Å². The highest BCUT2D eigenvalue weighted by Gasteiger charge is 2.00. The van der Waals surface area contributed by atoms with Crippen molar-refractivity contribution in [1.82, 2.24) is 14.5 Å². The van der Waals surface area contributed by atoms with E-state index in [1.807, 2.05) is 36.9 Å². The zero-order valence-electron chi connectivity index (χ0n) is 8.53. The van der Waals surface area contributed by atoms with Gasteiger partial charge in [-0.25, -0.2) is 9.97 Å². The first kappa shape index (κ1) is 9.98. The number of rotatable bonds is 2. The van der Waals surface area contributed by atoms with Gasteiger partial charge in [-0.15, -0.1) is 0 Å².